The predicted octanol–water partition coefficient (Wildman–Crippen LogP) is 5.11. The monoisotopic (exact) mass is 455 g/mol. The minimum absolute atomic E-state index is 0.0602. The number of hydrogen-bond donors (Lipinski definition) is 1. The molecule has 2 heterocycles. The first-order valence-electron chi connectivity index (χ1n) is 9.48. The third-order valence-electron chi connectivity index (χ3n) is 5.00. The number of nitrogens with one attached hydrogen (secondary N) is 1. The highest BCUT2D eigenvalue weighted by molar-refractivity contribution is 9.10. The van der Waals surface area contributed by atoms with Gasteiger partial charge >= 0.3 is 0 Å². The first-order chi connectivity index (χ1) is 13.7. The van der Waals surface area contributed by atoms with E-state index < -0.39 is 0 Å². The maximum atomic E-state index is 13.4. The lowest BCUT2D eigenvalue weighted by Crippen LogP contribution is -2.40. The van der Waals surface area contributed by atoms with Crippen LogP contribution in [0.15, 0.2) is 64.5 Å². The average molecular weight is 456 g/mol. The molecule has 0 unspecified atom stereocenters. The number of thiazole rings is 1. The summed E-state index contributed by atoms with van der Waals surface area (Å²) in [6.45, 7) is 2.35. The van der Waals surface area contributed by atoms with Crippen LogP contribution in [-0.4, -0.2) is 24.0 Å². The maximum Gasteiger partial charge on any atom is 0.232 e. The SMILES string of the molecule is O=C(C1CCNCC1)N(Cc1ccccc1)c1nc(-c2ccc(Br)cc2)cs1. The molecule has 144 valence electrons. The van der Waals surface area contributed by atoms with Gasteiger partial charge in [-0.3, -0.25) is 9.69 Å². The number of halogens is 1. The first kappa shape index (κ1) is 19.3. The van der Waals surface area contributed by atoms with Gasteiger partial charge in [-0.05, 0) is 43.6 Å². The second kappa shape index (κ2) is 8.99. The van der Waals surface area contributed by atoms with E-state index in [2.05, 4.69) is 33.4 Å². The van der Waals surface area contributed by atoms with Gasteiger partial charge in [0.25, 0.3) is 0 Å². The molecule has 1 aliphatic heterocycles. The molecule has 0 saturated carbocycles. The summed E-state index contributed by atoms with van der Waals surface area (Å²) in [7, 11) is 0. The molecule has 6 heteroatoms. The zero-order chi connectivity index (χ0) is 19.3. The molecule has 0 radical (unpaired) electrons. The van der Waals surface area contributed by atoms with Crippen LogP contribution in [0.1, 0.15) is 18.4 Å². The molecule has 0 atom stereocenters. The Morgan fingerprint density at radius 3 is 2.54 bits per heavy atom. The average Bonchev–Trinajstić information content (AvgIpc) is 3.23. The highest BCUT2D eigenvalue weighted by atomic mass is 79.9. The van der Waals surface area contributed by atoms with Crippen molar-refractivity contribution < 1.29 is 4.79 Å². The zero-order valence-electron chi connectivity index (χ0n) is 15.5. The van der Waals surface area contributed by atoms with Crippen molar-refractivity contribution >= 4 is 38.3 Å². The van der Waals surface area contributed by atoms with Crippen LogP contribution >= 0.6 is 27.3 Å². The summed E-state index contributed by atoms with van der Waals surface area (Å²) in [5.41, 5.74) is 3.08. The van der Waals surface area contributed by atoms with Gasteiger partial charge in [-0.1, -0.05) is 58.4 Å². The second-order valence-corrected chi connectivity index (χ2v) is 8.71. The molecule has 1 aliphatic rings. The van der Waals surface area contributed by atoms with E-state index in [-0.39, 0.29) is 11.8 Å². The van der Waals surface area contributed by atoms with Crippen molar-refractivity contribution in [3.63, 3.8) is 0 Å². The zero-order valence-corrected chi connectivity index (χ0v) is 17.9. The fourth-order valence-corrected chi connectivity index (χ4v) is 4.54. The van der Waals surface area contributed by atoms with E-state index in [4.69, 9.17) is 4.98 Å². The van der Waals surface area contributed by atoms with E-state index in [0.717, 1.165) is 52.4 Å². The van der Waals surface area contributed by atoms with Crippen molar-refractivity contribution in [1.82, 2.24) is 10.3 Å². The van der Waals surface area contributed by atoms with Crippen LogP contribution in [0.2, 0.25) is 0 Å². The molecule has 1 N–H and O–H groups in total. The third kappa shape index (κ3) is 4.51. The fraction of sp³-hybridized carbons (Fsp3) is 0.273. The number of aromatic nitrogens is 1. The number of amides is 1. The van der Waals surface area contributed by atoms with Gasteiger partial charge < -0.3 is 5.32 Å². The van der Waals surface area contributed by atoms with Crippen molar-refractivity contribution in [2.75, 3.05) is 18.0 Å². The lowest BCUT2D eigenvalue weighted by molar-refractivity contribution is -0.123. The quantitative estimate of drug-likeness (QED) is 0.581. The largest absolute Gasteiger partial charge is 0.317 e. The Morgan fingerprint density at radius 1 is 1.11 bits per heavy atom. The molecule has 0 bridgehead atoms. The predicted molar refractivity (Wildman–Crippen MR) is 118 cm³/mol. The maximum absolute atomic E-state index is 13.4. The second-order valence-electron chi connectivity index (χ2n) is 6.96. The fourth-order valence-electron chi connectivity index (χ4n) is 3.44. The Kier molecular flexibility index (Phi) is 6.20. The Hall–Kier alpha value is -2.02. The summed E-state index contributed by atoms with van der Waals surface area (Å²) >= 11 is 5.01. The molecular weight excluding hydrogens is 434 g/mol. The summed E-state index contributed by atoms with van der Waals surface area (Å²) in [6, 6.07) is 18.2. The van der Waals surface area contributed by atoms with E-state index in [1.807, 2.05) is 52.7 Å². The Labute approximate surface area is 177 Å². The third-order valence-corrected chi connectivity index (χ3v) is 6.39. The van der Waals surface area contributed by atoms with Crippen LogP contribution < -0.4 is 10.2 Å². The number of benzene rings is 2. The van der Waals surface area contributed by atoms with Gasteiger partial charge in [0.15, 0.2) is 5.13 Å². The molecule has 1 amide bonds. The van der Waals surface area contributed by atoms with Crippen molar-refractivity contribution in [1.29, 1.82) is 0 Å². The number of carbonyl (C=O) groups is 1. The molecule has 0 spiro atoms. The van der Waals surface area contributed by atoms with E-state index in [0.29, 0.717) is 6.54 Å². The Morgan fingerprint density at radius 2 is 1.82 bits per heavy atom. The van der Waals surface area contributed by atoms with Gasteiger partial charge in [0.1, 0.15) is 0 Å². The molecule has 2 aromatic carbocycles. The minimum atomic E-state index is 0.0602. The van der Waals surface area contributed by atoms with Gasteiger partial charge in [0.2, 0.25) is 5.91 Å². The standard InChI is InChI=1S/C22H22BrN3OS/c23-19-8-6-17(7-9-19)20-15-28-22(25-20)26(14-16-4-2-1-3-5-16)21(27)18-10-12-24-13-11-18/h1-9,15,18,24H,10-14H2. The van der Waals surface area contributed by atoms with Crippen molar-refractivity contribution in [3.8, 4) is 11.3 Å². The molecule has 4 nitrogen and oxygen atoms in total. The summed E-state index contributed by atoms with van der Waals surface area (Å²) in [6.07, 6.45) is 1.77. The van der Waals surface area contributed by atoms with E-state index in [1.54, 1.807) is 0 Å². The highest BCUT2D eigenvalue weighted by Gasteiger charge is 2.28. The van der Waals surface area contributed by atoms with E-state index in [1.165, 1.54) is 11.3 Å². The molecule has 3 aromatic rings. The number of nitrogens with zero attached hydrogens (tertiary/aromatic N) is 2. The van der Waals surface area contributed by atoms with Gasteiger partial charge in [-0.15, -0.1) is 11.3 Å². The number of hydrogen-bond acceptors (Lipinski definition) is 4. The lowest BCUT2D eigenvalue weighted by Gasteiger charge is -2.28. The summed E-state index contributed by atoms with van der Waals surface area (Å²) in [5.74, 6) is 0.243. The molecular formula is C22H22BrN3OS. The van der Waals surface area contributed by atoms with Crippen molar-refractivity contribution in [2.45, 2.75) is 19.4 Å². The first-order valence-corrected chi connectivity index (χ1v) is 11.2. The number of carbonyl (C=O) groups excluding carboxylic acids is 1. The van der Waals surface area contributed by atoms with Crippen molar-refractivity contribution in [3.05, 3.63) is 70.0 Å². The van der Waals surface area contributed by atoms with Crippen LogP contribution in [0.4, 0.5) is 5.13 Å². The number of rotatable bonds is 5. The molecule has 1 fully saturated rings. The van der Waals surface area contributed by atoms with Gasteiger partial charge in [0.05, 0.1) is 12.2 Å². The topological polar surface area (TPSA) is 45.2 Å². The van der Waals surface area contributed by atoms with Crippen LogP contribution in [0.5, 0.6) is 0 Å². The highest BCUT2D eigenvalue weighted by Crippen LogP contribution is 2.31. The van der Waals surface area contributed by atoms with E-state index in [9.17, 15) is 4.79 Å². The van der Waals surface area contributed by atoms with Crippen molar-refractivity contribution in [2.24, 2.45) is 5.92 Å². The van der Waals surface area contributed by atoms with E-state index >= 15 is 0 Å². The molecule has 0 aliphatic carbocycles. The lowest BCUT2D eigenvalue weighted by atomic mass is 9.96. The van der Waals surface area contributed by atoms with Crippen LogP contribution in [0, 0.1) is 5.92 Å². The summed E-state index contributed by atoms with van der Waals surface area (Å²) < 4.78 is 1.04. The normalized spacial score (nSPS) is 14.8. The minimum Gasteiger partial charge on any atom is -0.317 e. The number of piperidine rings is 1. The van der Waals surface area contributed by atoms with Gasteiger partial charge in [-0.2, -0.15) is 0 Å². The molecule has 4 rings (SSSR count). The Bertz CT molecular complexity index is 920. The summed E-state index contributed by atoms with van der Waals surface area (Å²) in [5, 5.41) is 6.14. The smallest absolute Gasteiger partial charge is 0.232 e. The summed E-state index contributed by atoms with van der Waals surface area (Å²) in [4.78, 5) is 20.0. The van der Waals surface area contributed by atoms with Gasteiger partial charge in [-0.25, -0.2) is 4.98 Å². The van der Waals surface area contributed by atoms with Crippen LogP contribution in [0.3, 0.4) is 0 Å². The van der Waals surface area contributed by atoms with Crippen LogP contribution in [0.25, 0.3) is 11.3 Å². The molecule has 1 saturated heterocycles. The van der Waals surface area contributed by atoms with Gasteiger partial charge in [0, 0.05) is 21.3 Å². The Balaban J connectivity index is 1.62. The van der Waals surface area contributed by atoms with Crippen LogP contribution in [-0.2, 0) is 11.3 Å². The molecule has 1 aromatic heterocycles. The number of anilines is 1. The molecule has 28 heavy (non-hydrogen) atoms.